The minimum atomic E-state index is -0.971. The predicted octanol–water partition coefficient (Wildman–Crippen LogP) is 0.962. The van der Waals surface area contributed by atoms with Gasteiger partial charge in [0.2, 0.25) is 0 Å². The number of carboxylic acids is 1. The van der Waals surface area contributed by atoms with Gasteiger partial charge in [0, 0.05) is 19.2 Å². The highest BCUT2D eigenvalue weighted by atomic mass is 16.5. The fourth-order valence-corrected chi connectivity index (χ4v) is 3.17. The highest BCUT2D eigenvalue weighted by Gasteiger charge is 2.43. The Morgan fingerprint density at radius 2 is 2.08 bits per heavy atom. The SMILES string of the molecule is COc1ccccc1C1NC(=O)N(C)C2=C1C(=O)N(CCC(=O)O)C2. The van der Waals surface area contributed by atoms with Gasteiger partial charge < -0.3 is 20.1 Å². The minimum absolute atomic E-state index is 0.0990. The molecule has 0 aliphatic carbocycles. The smallest absolute Gasteiger partial charge is 0.322 e. The molecule has 25 heavy (non-hydrogen) atoms. The number of methoxy groups -OCH3 is 1. The fourth-order valence-electron chi connectivity index (χ4n) is 3.17. The van der Waals surface area contributed by atoms with Gasteiger partial charge >= 0.3 is 12.0 Å². The van der Waals surface area contributed by atoms with E-state index in [0.29, 0.717) is 22.6 Å². The standard InChI is InChI=1S/C17H19N3O5/c1-19-11-9-20(8-7-13(21)22)16(23)14(11)15(18-17(19)24)10-5-3-4-6-12(10)25-2/h3-6,15H,7-9H2,1-2H3,(H,18,24)(H,21,22). The molecule has 2 N–H and O–H groups in total. The first-order chi connectivity index (χ1) is 11.9. The maximum Gasteiger partial charge on any atom is 0.322 e. The third-order valence-electron chi connectivity index (χ3n) is 4.48. The minimum Gasteiger partial charge on any atom is -0.496 e. The Morgan fingerprint density at radius 1 is 1.36 bits per heavy atom. The van der Waals surface area contributed by atoms with Crippen molar-refractivity contribution in [1.82, 2.24) is 15.1 Å². The Hall–Kier alpha value is -3.03. The first kappa shape index (κ1) is 16.8. The van der Waals surface area contributed by atoms with E-state index in [2.05, 4.69) is 5.32 Å². The van der Waals surface area contributed by atoms with Crippen molar-refractivity contribution in [2.24, 2.45) is 0 Å². The summed E-state index contributed by atoms with van der Waals surface area (Å²) < 4.78 is 5.36. The average Bonchev–Trinajstić information content (AvgIpc) is 2.93. The summed E-state index contributed by atoms with van der Waals surface area (Å²) >= 11 is 0. The Morgan fingerprint density at radius 3 is 2.76 bits per heavy atom. The molecule has 1 aromatic carbocycles. The molecule has 3 amide bonds. The van der Waals surface area contributed by atoms with Crippen LogP contribution in [0.4, 0.5) is 4.79 Å². The van der Waals surface area contributed by atoms with Crippen molar-refractivity contribution in [3.63, 3.8) is 0 Å². The van der Waals surface area contributed by atoms with Crippen molar-refractivity contribution in [3.05, 3.63) is 41.1 Å². The van der Waals surface area contributed by atoms with Crippen molar-refractivity contribution in [1.29, 1.82) is 0 Å². The lowest BCUT2D eigenvalue weighted by Crippen LogP contribution is -2.45. The van der Waals surface area contributed by atoms with Crippen LogP contribution >= 0.6 is 0 Å². The molecule has 0 bridgehead atoms. The number of urea groups is 1. The lowest BCUT2D eigenvalue weighted by Gasteiger charge is -2.31. The first-order valence-corrected chi connectivity index (χ1v) is 7.85. The second-order valence-corrected chi connectivity index (χ2v) is 5.91. The summed E-state index contributed by atoms with van der Waals surface area (Å²) in [5.74, 6) is -0.665. The van der Waals surface area contributed by atoms with Gasteiger partial charge in [0.1, 0.15) is 5.75 Å². The van der Waals surface area contributed by atoms with E-state index >= 15 is 0 Å². The Kier molecular flexibility index (Phi) is 4.35. The molecule has 0 saturated carbocycles. The Balaban J connectivity index is 1.99. The number of nitrogens with zero attached hydrogens (tertiary/aromatic N) is 2. The van der Waals surface area contributed by atoms with Crippen LogP contribution in [0.25, 0.3) is 0 Å². The quantitative estimate of drug-likeness (QED) is 0.828. The van der Waals surface area contributed by atoms with Crippen molar-refractivity contribution >= 4 is 17.9 Å². The van der Waals surface area contributed by atoms with Crippen LogP contribution in [0.3, 0.4) is 0 Å². The molecule has 0 aromatic heterocycles. The number of rotatable bonds is 5. The van der Waals surface area contributed by atoms with Gasteiger partial charge in [-0.25, -0.2) is 4.79 Å². The van der Waals surface area contributed by atoms with Crippen LogP contribution < -0.4 is 10.1 Å². The second kappa shape index (κ2) is 6.46. The highest BCUT2D eigenvalue weighted by molar-refractivity contribution is 6.01. The van der Waals surface area contributed by atoms with Gasteiger partial charge in [-0.05, 0) is 6.07 Å². The number of carbonyl (C=O) groups excluding carboxylic acids is 2. The van der Waals surface area contributed by atoms with E-state index < -0.39 is 12.0 Å². The molecular formula is C17H19N3O5. The predicted molar refractivity (Wildman–Crippen MR) is 87.9 cm³/mol. The van der Waals surface area contributed by atoms with Gasteiger partial charge in [-0.2, -0.15) is 0 Å². The van der Waals surface area contributed by atoms with E-state index in [1.807, 2.05) is 12.1 Å². The molecule has 2 aliphatic rings. The van der Waals surface area contributed by atoms with Gasteiger partial charge in [-0.3, -0.25) is 14.5 Å². The van der Waals surface area contributed by atoms with Crippen LogP contribution in [0, 0.1) is 0 Å². The summed E-state index contributed by atoms with van der Waals surface area (Å²) in [6.07, 6.45) is -0.142. The monoisotopic (exact) mass is 345 g/mol. The summed E-state index contributed by atoms with van der Waals surface area (Å²) in [6.45, 7) is 0.318. The molecule has 0 fully saturated rings. The zero-order chi connectivity index (χ0) is 18.1. The van der Waals surface area contributed by atoms with Crippen molar-refractivity contribution in [3.8, 4) is 5.75 Å². The Bertz CT molecular complexity index is 773. The van der Waals surface area contributed by atoms with Gasteiger partial charge in [0.05, 0.1) is 37.4 Å². The van der Waals surface area contributed by atoms with Gasteiger partial charge in [-0.1, -0.05) is 18.2 Å². The maximum atomic E-state index is 12.8. The number of likely N-dealkylation sites (N-methyl/N-ethyl adjacent to an activating group) is 1. The molecule has 1 atom stereocenters. The molecule has 2 heterocycles. The summed E-state index contributed by atoms with van der Waals surface area (Å²) in [4.78, 5) is 38.8. The second-order valence-electron chi connectivity index (χ2n) is 5.91. The first-order valence-electron chi connectivity index (χ1n) is 7.85. The molecule has 0 radical (unpaired) electrons. The number of amides is 3. The van der Waals surface area contributed by atoms with Crippen LogP contribution in [-0.2, 0) is 9.59 Å². The normalized spacial score (nSPS) is 19.8. The summed E-state index contributed by atoms with van der Waals surface area (Å²) in [5.41, 5.74) is 1.74. The maximum absolute atomic E-state index is 12.8. The van der Waals surface area contributed by atoms with E-state index in [1.165, 1.54) is 16.9 Å². The van der Waals surface area contributed by atoms with Crippen molar-refractivity contribution in [2.75, 3.05) is 27.2 Å². The number of aliphatic carboxylic acids is 1. The molecule has 1 unspecified atom stereocenters. The number of hydrogen-bond acceptors (Lipinski definition) is 4. The lowest BCUT2D eigenvalue weighted by atomic mass is 9.95. The molecule has 1 aromatic rings. The molecule has 2 aliphatic heterocycles. The molecule has 132 valence electrons. The van der Waals surface area contributed by atoms with E-state index in [0.717, 1.165) is 0 Å². The summed E-state index contributed by atoms with van der Waals surface area (Å²) in [7, 11) is 3.12. The van der Waals surface area contributed by atoms with Crippen LogP contribution in [-0.4, -0.2) is 60.1 Å². The number of nitrogens with one attached hydrogen (secondary N) is 1. The number of carbonyl (C=O) groups is 3. The van der Waals surface area contributed by atoms with Crippen LogP contribution in [0.5, 0.6) is 5.75 Å². The Labute approximate surface area is 144 Å². The van der Waals surface area contributed by atoms with E-state index in [1.54, 1.807) is 19.2 Å². The summed E-state index contributed by atoms with van der Waals surface area (Å²) in [6, 6.07) is 6.24. The van der Waals surface area contributed by atoms with Crippen molar-refractivity contribution in [2.45, 2.75) is 12.5 Å². The molecular weight excluding hydrogens is 326 g/mol. The van der Waals surface area contributed by atoms with E-state index in [4.69, 9.17) is 9.84 Å². The van der Waals surface area contributed by atoms with Crippen LogP contribution in [0.2, 0.25) is 0 Å². The van der Waals surface area contributed by atoms with E-state index in [9.17, 15) is 14.4 Å². The van der Waals surface area contributed by atoms with Gasteiger partial charge in [0.15, 0.2) is 0 Å². The molecule has 0 spiro atoms. The number of benzene rings is 1. The average molecular weight is 345 g/mol. The van der Waals surface area contributed by atoms with Crippen molar-refractivity contribution < 1.29 is 24.2 Å². The number of hydrogen-bond donors (Lipinski definition) is 2. The van der Waals surface area contributed by atoms with Gasteiger partial charge in [-0.15, -0.1) is 0 Å². The number of ether oxygens (including phenoxy) is 1. The largest absolute Gasteiger partial charge is 0.496 e. The topological polar surface area (TPSA) is 99.2 Å². The zero-order valence-corrected chi connectivity index (χ0v) is 14.0. The number of carboxylic acid groups (broad SMARTS) is 1. The van der Waals surface area contributed by atoms with Gasteiger partial charge in [0.25, 0.3) is 5.91 Å². The molecule has 3 rings (SSSR count). The summed E-state index contributed by atoms with van der Waals surface area (Å²) in [5, 5.41) is 11.7. The molecule has 0 saturated heterocycles. The van der Waals surface area contributed by atoms with Crippen LogP contribution in [0.1, 0.15) is 18.0 Å². The molecule has 8 heteroatoms. The molecule has 8 nitrogen and oxygen atoms in total. The fraction of sp³-hybridized carbons (Fsp3) is 0.353. The van der Waals surface area contributed by atoms with E-state index in [-0.39, 0.29) is 31.4 Å². The lowest BCUT2D eigenvalue weighted by molar-refractivity contribution is -0.137. The van der Waals surface area contributed by atoms with Crippen LogP contribution in [0.15, 0.2) is 35.5 Å². The number of para-hydroxylation sites is 1. The third-order valence-corrected chi connectivity index (χ3v) is 4.48. The zero-order valence-electron chi connectivity index (χ0n) is 14.0. The third kappa shape index (κ3) is 2.90. The highest BCUT2D eigenvalue weighted by Crippen LogP contribution is 2.38.